The summed E-state index contributed by atoms with van der Waals surface area (Å²) in [5.74, 6) is -1.55. The van der Waals surface area contributed by atoms with Gasteiger partial charge < -0.3 is 41.7 Å². The number of amides is 6. The molecule has 0 spiro atoms. The van der Waals surface area contributed by atoms with E-state index in [9.17, 15) is 19.2 Å². The van der Waals surface area contributed by atoms with Crippen molar-refractivity contribution in [1.29, 1.82) is 0 Å². The average molecular weight is 971 g/mol. The van der Waals surface area contributed by atoms with Crippen molar-refractivity contribution in [2.45, 2.75) is 179 Å². The summed E-state index contributed by atoms with van der Waals surface area (Å²) in [7, 11) is 3.42. The van der Waals surface area contributed by atoms with Crippen molar-refractivity contribution in [2.75, 3.05) is 20.6 Å². The number of likely N-dealkylation sites (N-methyl/N-ethyl adjacent to an activating group) is 2. The summed E-state index contributed by atoms with van der Waals surface area (Å²) in [5.41, 5.74) is 6.75. The predicted octanol–water partition coefficient (Wildman–Crippen LogP) is 5.82. The van der Waals surface area contributed by atoms with Crippen LogP contribution in [0.15, 0.2) is 66.7 Å². The maximum Gasteiger partial charge on any atom is 0.246 e. The Morgan fingerprint density at radius 3 is 1.77 bits per heavy atom. The van der Waals surface area contributed by atoms with Crippen LogP contribution in [0, 0.1) is 11.3 Å². The Bertz CT molecular complexity index is 2450. The Morgan fingerprint density at radius 1 is 0.634 bits per heavy atom. The van der Waals surface area contributed by atoms with Crippen molar-refractivity contribution in [3.63, 3.8) is 0 Å². The molecule has 2 aliphatic heterocycles. The smallest absolute Gasteiger partial charge is 0.246 e. The molecule has 14 nitrogen and oxygen atoms in total. The molecule has 0 bridgehead atoms. The molecular formula is C57H78N8O6. The van der Waals surface area contributed by atoms with Crippen LogP contribution in [0.25, 0.3) is 0 Å². The van der Waals surface area contributed by atoms with Crippen LogP contribution in [0.1, 0.15) is 156 Å². The number of carbonyl (C=O) groups excluding carboxylic acids is 6. The number of nitrogens with zero attached hydrogens (tertiary/aromatic N) is 2. The summed E-state index contributed by atoms with van der Waals surface area (Å²) in [6.07, 6.45) is 10.7. The number of nitrogens with one attached hydrogen (secondary N) is 6. The van der Waals surface area contributed by atoms with Gasteiger partial charge in [-0.15, -0.1) is 0 Å². The molecule has 14 heteroatoms. The molecule has 5 aliphatic rings. The minimum atomic E-state index is -0.905. The van der Waals surface area contributed by atoms with Crippen molar-refractivity contribution in [1.82, 2.24) is 41.7 Å². The van der Waals surface area contributed by atoms with E-state index in [1.54, 1.807) is 37.7 Å². The molecule has 9 atom stereocenters. The summed E-state index contributed by atoms with van der Waals surface area (Å²) in [6.45, 7) is 9.68. The lowest BCUT2D eigenvalue weighted by Gasteiger charge is -2.40. The minimum absolute atomic E-state index is 0.155. The maximum atomic E-state index is 15.2. The molecule has 1 saturated carbocycles. The number of likely N-dealkylation sites (tertiary alicyclic amines) is 1. The Hall–Kier alpha value is -5.60. The van der Waals surface area contributed by atoms with Gasteiger partial charge in [-0.3, -0.25) is 28.8 Å². The first-order chi connectivity index (χ1) is 34.0. The Labute approximate surface area is 421 Å². The molecule has 382 valence electrons. The van der Waals surface area contributed by atoms with E-state index in [2.05, 4.69) is 62.2 Å². The molecule has 71 heavy (non-hydrogen) atoms. The Kier molecular flexibility index (Phi) is 16.4. The van der Waals surface area contributed by atoms with Gasteiger partial charge >= 0.3 is 0 Å². The summed E-state index contributed by atoms with van der Waals surface area (Å²) < 4.78 is 0. The van der Waals surface area contributed by atoms with Crippen LogP contribution in [-0.4, -0.2) is 102 Å². The zero-order chi connectivity index (χ0) is 50.6. The Balaban J connectivity index is 1.11. The van der Waals surface area contributed by atoms with Crippen molar-refractivity contribution in [3.05, 3.63) is 106 Å². The Morgan fingerprint density at radius 2 is 1.20 bits per heavy atom. The van der Waals surface area contributed by atoms with Crippen LogP contribution in [0.5, 0.6) is 0 Å². The third kappa shape index (κ3) is 11.7. The molecule has 2 fully saturated rings. The highest BCUT2D eigenvalue weighted by Gasteiger charge is 2.47. The first-order valence-electron chi connectivity index (χ1n) is 26.5. The number of hydrogen-bond donors (Lipinski definition) is 6. The molecule has 1 saturated heterocycles. The lowest BCUT2D eigenvalue weighted by Crippen LogP contribution is -2.59. The molecule has 6 amide bonds. The van der Waals surface area contributed by atoms with E-state index >= 15 is 9.59 Å². The van der Waals surface area contributed by atoms with Gasteiger partial charge in [0.1, 0.15) is 24.2 Å². The van der Waals surface area contributed by atoms with Crippen LogP contribution < -0.4 is 31.9 Å². The fraction of sp³-hybridized carbons (Fsp3) is 0.579. The zero-order valence-electron chi connectivity index (χ0n) is 43.1. The largest absolute Gasteiger partial charge is 0.347 e. The number of aryl methyl sites for hydroxylation is 2. The van der Waals surface area contributed by atoms with Crippen molar-refractivity contribution in [2.24, 2.45) is 11.3 Å². The minimum Gasteiger partial charge on any atom is -0.347 e. The van der Waals surface area contributed by atoms with Crippen LogP contribution in [0.2, 0.25) is 0 Å². The zero-order valence-corrected chi connectivity index (χ0v) is 43.1. The fourth-order valence-corrected chi connectivity index (χ4v) is 11.9. The first-order valence-corrected chi connectivity index (χ1v) is 26.5. The summed E-state index contributed by atoms with van der Waals surface area (Å²) in [4.78, 5) is 90.0. The second-order valence-corrected chi connectivity index (χ2v) is 22.2. The molecule has 6 N–H and O–H groups in total. The first kappa shape index (κ1) is 51.7. The number of carbonyl (C=O) groups is 6. The molecule has 3 aromatic carbocycles. The summed E-state index contributed by atoms with van der Waals surface area (Å²) >= 11 is 0. The predicted molar refractivity (Wildman–Crippen MR) is 275 cm³/mol. The van der Waals surface area contributed by atoms with Crippen molar-refractivity contribution >= 4 is 35.4 Å². The third-order valence-corrected chi connectivity index (χ3v) is 16.4. The van der Waals surface area contributed by atoms with E-state index in [-0.39, 0.29) is 72.5 Å². The molecular weight excluding hydrogens is 893 g/mol. The SMILES string of the molecule is CN[C@@H](C)C(=O)N[C@@H](CC1CCCC1)C(=O)N1Cc2cc([C@H]3C[C@@H](C(=O)N[C@@H]4CCCc5ccccc54)N(C(=O)[C@@H](NC(=O)[C@H](C)NC)C(C)(C)C)C3)ccc2C[C@H]1C(=O)N[C@@H]1CCCc2ccccc21. The molecule has 3 aliphatic carbocycles. The number of fused-ring (bicyclic) bond motifs is 3. The number of hydrogen-bond acceptors (Lipinski definition) is 8. The lowest BCUT2D eigenvalue weighted by molar-refractivity contribution is -0.145. The van der Waals surface area contributed by atoms with Gasteiger partial charge in [-0.05, 0) is 130 Å². The van der Waals surface area contributed by atoms with Gasteiger partial charge in [-0.25, -0.2) is 0 Å². The molecule has 0 aromatic heterocycles. The lowest BCUT2D eigenvalue weighted by atomic mass is 9.85. The highest BCUT2D eigenvalue weighted by molar-refractivity contribution is 5.95. The highest BCUT2D eigenvalue weighted by atomic mass is 16.2. The van der Waals surface area contributed by atoms with Crippen molar-refractivity contribution in [3.8, 4) is 0 Å². The van der Waals surface area contributed by atoms with Gasteiger partial charge in [-0.2, -0.15) is 0 Å². The standard InChI is InChI=1S/C57H78N8O6/c1-34(58-6)51(66)62-47(28-36-16-8-9-17-36)55(70)64-32-41-29-39(26-27-40(41)30-48(64)53(68)60-45-24-14-20-37-18-10-12-22-43(37)45)42-31-49(54(69)61-46-25-15-21-38-19-11-13-23-44(38)46)65(33-42)56(71)50(57(3,4)5)63-52(67)35(2)59-7/h10-13,18-19,22-23,26-27,29,34-36,42,45-50,58-59H,8-9,14-17,20-21,24-25,28,30-33H2,1-7H3,(H,60,68)(H,61,69)(H,62,66)(H,63,67)/t34-,35-,42-,45+,46+,47-,48-,49-,50+/m0/s1. The van der Waals surface area contributed by atoms with Gasteiger partial charge in [0.2, 0.25) is 35.4 Å². The van der Waals surface area contributed by atoms with E-state index in [1.165, 1.54) is 11.1 Å². The monoisotopic (exact) mass is 971 g/mol. The summed E-state index contributed by atoms with van der Waals surface area (Å²) in [6, 6.07) is 17.9. The second kappa shape index (κ2) is 22.4. The quantitative estimate of drug-likeness (QED) is 0.110. The highest BCUT2D eigenvalue weighted by Crippen LogP contribution is 2.39. The third-order valence-electron chi connectivity index (χ3n) is 16.4. The van der Waals surface area contributed by atoms with Gasteiger partial charge in [0.25, 0.3) is 0 Å². The van der Waals surface area contributed by atoms with Crippen LogP contribution in [-0.2, 0) is 54.6 Å². The number of benzene rings is 3. The second-order valence-electron chi connectivity index (χ2n) is 22.2. The maximum absolute atomic E-state index is 15.2. The normalized spacial score (nSPS) is 23.8. The number of rotatable bonds is 15. The van der Waals surface area contributed by atoms with Gasteiger partial charge in [0.15, 0.2) is 0 Å². The molecule has 8 rings (SSSR count). The van der Waals surface area contributed by atoms with Gasteiger partial charge in [-0.1, -0.05) is 113 Å². The van der Waals surface area contributed by atoms with E-state index in [0.717, 1.165) is 92.0 Å². The fourth-order valence-electron chi connectivity index (χ4n) is 11.9. The average Bonchev–Trinajstić information content (AvgIpc) is 4.07. The van der Waals surface area contributed by atoms with E-state index in [4.69, 9.17) is 0 Å². The van der Waals surface area contributed by atoms with E-state index in [1.807, 2.05) is 57.2 Å². The van der Waals surface area contributed by atoms with Gasteiger partial charge in [0, 0.05) is 25.4 Å². The molecule has 3 aromatic rings. The van der Waals surface area contributed by atoms with Crippen molar-refractivity contribution < 1.29 is 28.8 Å². The van der Waals surface area contributed by atoms with Crippen LogP contribution in [0.3, 0.4) is 0 Å². The topological polar surface area (TPSA) is 181 Å². The molecule has 0 unspecified atom stereocenters. The summed E-state index contributed by atoms with van der Waals surface area (Å²) in [5, 5.41) is 18.8. The van der Waals surface area contributed by atoms with Crippen LogP contribution >= 0.6 is 0 Å². The molecule has 0 radical (unpaired) electrons. The van der Waals surface area contributed by atoms with E-state index in [0.29, 0.717) is 19.3 Å². The van der Waals surface area contributed by atoms with Crippen LogP contribution in [0.4, 0.5) is 0 Å². The van der Waals surface area contributed by atoms with Gasteiger partial charge in [0.05, 0.1) is 24.2 Å². The molecule has 2 heterocycles. The van der Waals surface area contributed by atoms with E-state index < -0.39 is 41.7 Å².